The van der Waals surface area contributed by atoms with Gasteiger partial charge in [0.2, 0.25) is 0 Å². The highest BCUT2D eigenvalue weighted by molar-refractivity contribution is 9.10. The molecule has 1 aromatic carbocycles. The first-order chi connectivity index (χ1) is 12.6. The van der Waals surface area contributed by atoms with Gasteiger partial charge in [-0.05, 0) is 84.0 Å². The molecule has 0 unspecified atom stereocenters. The zero-order chi connectivity index (χ0) is 18.1. The SMILES string of the molecule is CN[C@@H]1c2ccccc2CC12CCC(Cc1ncc(Br)nc1CO)CC2. The number of nitrogens with zero attached hydrogens (tertiary/aromatic N) is 2. The van der Waals surface area contributed by atoms with Gasteiger partial charge in [0.15, 0.2) is 0 Å². The minimum atomic E-state index is -0.0461. The molecule has 0 radical (unpaired) electrons. The lowest BCUT2D eigenvalue weighted by molar-refractivity contribution is 0.113. The largest absolute Gasteiger partial charge is 0.390 e. The predicted molar refractivity (Wildman–Crippen MR) is 106 cm³/mol. The van der Waals surface area contributed by atoms with Crippen LogP contribution in [0.25, 0.3) is 0 Å². The molecule has 1 spiro atoms. The Morgan fingerprint density at radius 1 is 1.23 bits per heavy atom. The molecular formula is C21H26BrN3O. The van der Waals surface area contributed by atoms with Crippen LogP contribution in [0.1, 0.15) is 54.2 Å². The molecule has 1 atom stereocenters. The molecule has 4 nitrogen and oxygen atoms in total. The summed E-state index contributed by atoms with van der Waals surface area (Å²) in [6.07, 6.45) is 8.78. The lowest BCUT2D eigenvalue weighted by atomic mass is 9.66. The number of aliphatic hydroxyl groups is 1. The van der Waals surface area contributed by atoms with Gasteiger partial charge >= 0.3 is 0 Å². The van der Waals surface area contributed by atoms with Crippen LogP contribution in [0.4, 0.5) is 0 Å². The van der Waals surface area contributed by atoms with E-state index in [1.807, 2.05) is 0 Å². The lowest BCUT2D eigenvalue weighted by Gasteiger charge is -2.42. The van der Waals surface area contributed by atoms with Crippen molar-refractivity contribution < 1.29 is 5.11 Å². The van der Waals surface area contributed by atoms with Gasteiger partial charge in [0, 0.05) is 6.04 Å². The van der Waals surface area contributed by atoms with Gasteiger partial charge < -0.3 is 10.4 Å². The van der Waals surface area contributed by atoms with Gasteiger partial charge in [-0.3, -0.25) is 4.98 Å². The van der Waals surface area contributed by atoms with Gasteiger partial charge in [0.05, 0.1) is 24.2 Å². The molecule has 1 saturated carbocycles. The minimum absolute atomic E-state index is 0.0461. The van der Waals surface area contributed by atoms with Crippen molar-refractivity contribution in [1.29, 1.82) is 0 Å². The molecular weight excluding hydrogens is 390 g/mol. The first-order valence-electron chi connectivity index (χ1n) is 9.51. The first kappa shape index (κ1) is 18.1. The van der Waals surface area contributed by atoms with Crippen LogP contribution < -0.4 is 5.32 Å². The Kier molecular flexibility index (Phi) is 5.13. The van der Waals surface area contributed by atoms with Gasteiger partial charge in [-0.15, -0.1) is 0 Å². The summed E-state index contributed by atoms with van der Waals surface area (Å²) in [7, 11) is 2.10. The van der Waals surface area contributed by atoms with E-state index < -0.39 is 0 Å². The maximum Gasteiger partial charge on any atom is 0.124 e. The van der Waals surface area contributed by atoms with Crippen molar-refractivity contribution in [3.8, 4) is 0 Å². The first-order valence-corrected chi connectivity index (χ1v) is 10.3. The summed E-state index contributed by atoms with van der Waals surface area (Å²) in [4.78, 5) is 8.89. The normalized spacial score (nSPS) is 27.7. The number of fused-ring (bicyclic) bond motifs is 1. The van der Waals surface area contributed by atoms with E-state index in [9.17, 15) is 5.11 Å². The van der Waals surface area contributed by atoms with Crippen LogP contribution >= 0.6 is 15.9 Å². The van der Waals surface area contributed by atoms with Crippen molar-refractivity contribution in [1.82, 2.24) is 15.3 Å². The summed E-state index contributed by atoms with van der Waals surface area (Å²) in [5.74, 6) is 0.627. The van der Waals surface area contributed by atoms with E-state index in [1.165, 1.54) is 43.2 Å². The summed E-state index contributed by atoms with van der Waals surface area (Å²) in [6, 6.07) is 9.39. The van der Waals surface area contributed by atoms with Gasteiger partial charge in [0.25, 0.3) is 0 Å². The van der Waals surface area contributed by atoms with Crippen LogP contribution in [0.2, 0.25) is 0 Å². The third-order valence-electron chi connectivity index (χ3n) is 6.44. The summed E-state index contributed by atoms with van der Waals surface area (Å²) in [5, 5.41) is 13.2. The van der Waals surface area contributed by atoms with Crippen molar-refractivity contribution >= 4 is 15.9 Å². The lowest BCUT2D eigenvalue weighted by Crippen LogP contribution is -2.37. The van der Waals surface area contributed by atoms with E-state index in [1.54, 1.807) is 6.20 Å². The molecule has 2 aliphatic rings. The van der Waals surface area contributed by atoms with Crippen LogP contribution in [0.3, 0.4) is 0 Å². The van der Waals surface area contributed by atoms with E-state index in [2.05, 4.69) is 62.5 Å². The number of aromatic nitrogens is 2. The molecule has 4 rings (SSSR count). The summed E-state index contributed by atoms with van der Waals surface area (Å²) < 4.78 is 0.688. The van der Waals surface area contributed by atoms with E-state index in [-0.39, 0.29) is 6.61 Å². The highest BCUT2D eigenvalue weighted by Crippen LogP contribution is 2.55. The van der Waals surface area contributed by atoms with Crippen LogP contribution in [-0.2, 0) is 19.4 Å². The maximum absolute atomic E-state index is 9.57. The fraction of sp³-hybridized carbons (Fsp3) is 0.524. The van der Waals surface area contributed by atoms with Crippen molar-refractivity contribution in [2.75, 3.05) is 7.05 Å². The number of nitrogens with one attached hydrogen (secondary N) is 1. The van der Waals surface area contributed by atoms with Crippen LogP contribution in [-0.4, -0.2) is 22.1 Å². The maximum atomic E-state index is 9.57. The molecule has 1 aromatic heterocycles. The fourth-order valence-corrected chi connectivity index (χ4v) is 5.49. The van der Waals surface area contributed by atoms with Gasteiger partial charge in [-0.2, -0.15) is 0 Å². The summed E-state index contributed by atoms with van der Waals surface area (Å²) in [5.41, 5.74) is 5.04. The van der Waals surface area contributed by atoms with E-state index in [4.69, 9.17) is 0 Å². The van der Waals surface area contributed by atoms with Crippen LogP contribution in [0.5, 0.6) is 0 Å². The average molecular weight is 416 g/mol. The number of aliphatic hydroxyl groups excluding tert-OH is 1. The number of rotatable bonds is 4. The Hall–Kier alpha value is -1.30. The van der Waals surface area contributed by atoms with Crippen molar-refractivity contribution in [2.24, 2.45) is 11.3 Å². The van der Waals surface area contributed by atoms with Gasteiger partial charge in [-0.1, -0.05) is 24.3 Å². The van der Waals surface area contributed by atoms with Crippen molar-refractivity contribution in [2.45, 2.75) is 51.2 Å². The zero-order valence-corrected chi connectivity index (χ0v) is 16.8. The molecule has 0 bridgehead atoms. The van der Waals surface area contributed by atoms with Crippen molar-refractivity contribution in [3.63, 3.8) is 0 Å². The van der Waals surface area contributed by atoms with Gasteiger partial charge in [-0.25, -0.2) is 4.98 Å². The fourth-order valence-electron chi connectivity index (χ4n) is 5.17. The molecule has 1 heterocycles. The number of halogens is 1. The number of hydrogen-bond acceptors (Lipinski definition) is 4. The monoisotopic (exact) mass is 415 g/mol. The molecule has 1 fully saturated rings. The summed E-state index contributed by atoms with van der Waals surface area (Å²) >= 11 is 3.34. The van der Waals surface area contributed by atoms with E-state index in [0.717, 1.165) is 12.1 Å². The average Bonchev–Trinajstić information content (AvgIpc) is 2.97. The Balaban J connectivity index is 1.47. The predicted octanol–water partition coefficient (Wildman–Crippen LogP) is 3.97. The highest BCUT2D eigenvalue weighted by atomic mass is 79.9. The van der Waals surface area contributed by atoms with Crippen molar-refractivity contribution in [3.05, 3.63) is 57.6 Å². The topological polar surface area (TPSA) is 58.0 Å². The molecule has 2 N–H and O–H groups in total. The van der Waals surface area contributed by atoms with Gasteiger partial charge in [0.1, 0.15) is 4.60 Å². The second kappa shape index (κ2) is 7.37. The van der Waals surface area contributed by atoms with E-state index in [0.29, 0.717) is 27.7 Å². The second-order valence-corrected chi connectivity index (χ2v) is 8.66. The molecule has 2 aliphatic carbocycles. The molecule has 26 heavy (non-hydrogen) atoms. The molecule has 0 aliphatic heterocycles. The minimum Gasteiger partial charge on any atom is -0.390 e. The number of hydrogen-bond donors (Lipinski definition) is 2. The quantitative estimate of drug-likeness (QED) is 0.792. The van der Waals surface area contributed by atoms with Crippen LogP contribution in [0, 0.1) is 11.3 Å². The molecule has 0 saturated heterocycles. The number of benzene rings is 1. The Bertz CT molecular complexity index is 787. The Labute approximate surface area is 163 Å². The second-order valence-electron chi connectivity index (χ2n) is 7.85. The third-order valence-corrected chi connectivity index (χ3v) is 6.83. The Morgan fingerprint density at radius 2 is 2.00 bits per heavy atom. The van der Waals surface area contributed by atoms with Crippen LogP contribution in [0.15, 0.2) is 35.1 Å². The molecule has 5 heteroatoms. The highest BCUT2D eigenvalue weighted by Gasteiger charge is 2.46. The third kappa shape index (κ3) is 3.21. The Morgan fingerprint density at radius 3 is 2.73 bits per heavy atom. The zero-order valence-electron chi connectivity index (χ0n) is 15.2. The smallest absolute Gasteiger partial charge is 0.124 e. The standard InChI is InChI=1S/C21H26BrN3O/c1-23-20-16-5-3-2-4-15(16)11-21(20)8-6-14(7-9-21)10-17-18(13-26)25-19(22)12-24-17/h2-5,12,14,20,23,26H,6-11,13H2,1H3/t14?,20-,21?/m1/s1. The van der Waals surface area contributed by atoms with E-state index >= 15 is 0 Å². The molecule has 2 aromatic rings. The molecule has 138 valence electrons. The summed E-state index contributed by atoms with van der Waals surface area (Å²) in [6.45, 7) is -0.0461. The molecule has 0 amide bonds.